The van der Waals surface area contributed by atoms with Gasteiger partial charge in [-0.25, -0.2) is 0 Å². The van der Waals surface area contributed by atoms with Gasteiger partial charge < -0.3 is 20.1 Å². The van der Waals surface area contributed by atoms with E-state index in [1.54, 1.807) is 24.5 Å². The maximum Gasteiger partial charge on any atom is 0.158 e. The number of hydrogen-bond acceptors (Lipinski definition) is 6. The quantitative estimate of drug-likeness (QED) is 0.645. The second-order valence-corrected chi connectivity index (χ2v) is 4.71. The largest absolute Gasteiger partial charge is 0.388 e. The molecule has 1 saturated heterocycles. The monoisotopic (exact) mass is 279 g/mol. The Hall–Kier alpha value is -1.60. The first kappa shape index (κ1) is 14.8. The molecule has 4 atom stereocenters. The van der Waals surface area contributed by atoms with Gasteiger partial charge in [0.2, 0.25) is 0 Å². The number of rotatable bonds is 4. The third kappa shape index (κ3) is 3.71. The average Bonchev–Trinajstić information content (AvgIpc) is 2.47. The van der Waals surface area contributed by atoms with Gasteiger partial charge in [0.1, 0.15) is 18.3 Å². The van der Waals surface area contributed by atoms with Crippen molar-refractivity contribution < 1.29 is 24.9 Å². The zero-order valence-electron chi connectivity index (χ0n) is 10.8. The lowest BCUT2D eigenvalue weighted by molar-refractivity contribution is -0.188. The summed E-state index contributed by atoms with van der Waals surface area (Å²) in [7, 11) is 0. The van der Waals surface area contributed by atoms with Crippen molar-refractivity contribution in [1.82, 2.24) is 4.98 Å². The Kier molecular flexibility index (Phi) is 4.97. The number of aromatic nitrogens is 1. The Morgan fingerprint density at radius 2 is 2.20 bits per heavy atom. The van der Waals surface area contributed by atoms with E-state index in [9.17, 15) is 20.1 Å². The fraction of sp³-hybridized carbons (Fsp3) is 0.429. The van der Waals surface area contributed by atoms with Crippen LogP contribution in [0.25, 0.3) is 6.08 Å². The summed E-state index contributed by atoms with van der Waals surface area (Å²) in [6, 6.07) is 3.57. The van der Waals surface area contributed by atoms with E-state index >= 15 is 0 Å². The molecule has 1 aromatic heterocycles. The SMILES string of the molecule is O=C(/C=C/c1cccnc1)CC1OC[C@@H](O)[C@H](O)[C@H]1O. The first-order valence-corrected chi connectivity index (χ1v) is 6.34. The van der Waals surface area contributed by atoms with Crippen LogP contribution < -0.4 is 0 Å². The molecule has 0 aromatic carbocycles. The van der Waals surface area contributed by atoms with Gasteiger partial charge in [-0.3, -0.25) is 9.78 Å². The second kappa shape index (κ2) is 6.71. The molecule has 0 amide bonds. The summed E-state index contributed by atoms with van der Waals surface area (Å²) in [6.45, 7) is -0.0947. The minimum absolute atomic E-state index is 0.0539. The number of aliphatic hydroxyl groups excluding tert-OH is 3. The molecule has 0 spiro atoms. The van der Waals surface area contributed by atoms with E-state index < -0.39 is 24.4 Å². The molecule has 6 nitrogen and oxygen atoms in total. The zero-order valence-corrected chi connectivity index (χ0v) is 10.8. The molecular weight excluding hydrogens is 262 g/mol. The Bertz CT molecular complexity index is 476. The van der Waals surface area contributed by atoms with Crippen LogP contribution in [0.2, 0.25) is 0 Å². The molecule has 1 aliphatic rings. The fourth-order valence-corrected chi connectivity index (χ4v) is 1.98. The highest BCUT2D eigenvalue weighted by Crippen LogP contribution is 2.18. The van der Waals surface area contributed by atoms with Crippen molar-refractivity contribution >= 4 is 11.9 Å². The number of ether oxygens (including phenoxy) is 1. The van der Waals surface area contributed by atoms with Crippen LogP contribution in [0.15, 0.2) is 30.6 Å². The summed E-state index contributed by atoms with van der Waals surface area (Å²) < 4.78 is 5.17. The first-order chi connectivity index (χ1) is 9.58. The van der Waals surface area contributed by atoms with Crippen molar-refractivity contribution in [2.24, 2.45) is 0 Å². The van der Waals surface area contributed by atoms with Gasteiger partial charge in [0.25, 0.3) is 0 Å². The highest BCUT2D eigenvalue weighted by Gasteiger charge is 2.37. The topological polar surface area (TPSA) is 99.9 Å². The Labute approximate surface area is 116 Å². The maximum atomic E-state index is 11.8. The van der Waals surface area contributed by atoms with Gasteiger partial charge in [0.15, 0.2) is 5.78 Å². The smallest absolute Gasteiger partial charge is 0.158 e. The van der Waals surface area contributed by atoms with Crippen molar-refractivity contribution in [2.75, 3.05) is 6.61 Å². The normalized spacial score (nSPS) is 30.6. The Balaban J connectivity index is 1.90. The molecule has 0 radical (unpaired) electrons. The summed E-state index contributed by atoms with van der Waals surface area (Å²) in [5.41, 5.74) is 0.793. The molecule has 1 aliphatic heterocycles. The maximum absolute atomic E-state index is 11.8. The third-order valence-electron chi connectivity index (χ3n) is 3.15. The third-order valence-corrected chi connectivity index (χ3v) is 3.15. The number of nitrogens with zero attached hydrogens (tertiary/aromatic N) is 1. The number of pyridine rings is 1. The minimum Gasteiger partial charge on any atom is -0.388 e. The molecule has 1 fully saturated rings. The predicted molar refractivity (Wildman–Crippen MR) is 70.7 cm³/mol. The van der Waals surface area contributed by atoms with Gasteiger partial charge in [-0.2, -0.15) is 0 Å². The van der Waals surface area contributed by atoms with Crippen molar-refractivity contribution in [3.63, 3.8) is 0 Å². The molecule has 20 heavy (non-hydrogen) atoms. The fourth-order valence-electron chi connectivity index (χ4n) is 1.98. The van der Waals surface area contributed by atoms with Gasteiger partial charge in [-0.1, -0.05) is 6.07 Å². The van der Waals surface area contributed by atoms with E-state index in [0.717, 1.165) is 5.56 Å². The standard InChI is InChI=1S/C14H17NO5/c16-10(4-3-9-2-1-5-15-7-9)6-12-14(19)13(18)11(17)8-20-12/h1-5,7,11-14,17-19H,6,8H2/b4-3+/t11-,12?,13+,14+/m1/s1. The molecule has 1 unspecified atom stereocenters. The molecule has 108 valence electrons. The highest BCUT2D eigenvalue weighted by atomic mass is 16.5. The van der Waals surface area contributed by atoms with E-state index in [4.69, 9.17) is 4.74 Å². The lowest BCUT2D eigenvalue weighted by atomic mass is 9.96. The van der Waals surface area contributed by atoms with Gasteiger partial charge in [0.05, 0.1) is 12.7 Å². The van der Waals surface area contributed by atoms with E-state index in [0.29, 0.717) is 0 Å². The van der Waals surface area contributed by atoms with Crippen LogP contribution in [-0.2, 0) is 9.53 Å². The lowest BCUT2D eigenvalue weighted by Gasteiger charge is -2.34. The molecule has 3 N–H and O–H groups in total. The summed E-state index contributed by atoms with van der Waals surface area (Å²) >= 11 is 0. The highest BCUT2D eigenvalue weighted by molar-refractivity contribution is 5.93. The molecule has 6 heteroatoms. The van der Waals surface area contributed by atoms with E-state index in [-0.39, 0.29) is 18.8 Å². The van der Waals surface area contributed by atoms with E-state index in [1.807, 2.05) is 6.07 Å². The second-order valence-electron chi connectivity index (χ2n) is 4.71. The van der Waals surface area contributed by atoms with Crippen LogP contribution in [-0.4, -0.2) is 57.1 Å². The molecule has 0 saturated carbocycles. The molecule has 0 aliphatic carbocycles. The summed E-state index contributed by atoms with van der Waals surface area (Å²) in [6.07, 6.45) is 1.72. The summed E-state index contributed by atoms with van der Waals surface area (Å²) in [4.78, 5) is 15.7. The lowest BCUT2D eigenvalue weighted by Crippen LogP contribution is -2.53. The number of aliphatic hydroxyl groups is 3. The predicted octanol–water partition coefficient (Wildman–Crippen LogP) is -0.464. The summed E-state index contributed by atoms with van der Waals surface area (Å²) in [5, 5.41) is 28.6. The van der Waals surface area contributed by atoms with Gasteiger partial charge in [-0.15, -0.1) is 0 Å². The first-order valence-electron chi connectivity index (χ1n) is 6.34. The molecular formula is C14H17NO5. The van der Waals surface area contributed by atoms with Crippen LogP contribution in [0.1, 0.15) is 12.0 Å². The van der Waals surface area contributed by atoms with Crippen LogP contribution >= 0.6 is 0 Å². The van der Waals surface area contributed by atoms with E-state index in [1.165, 1.54) is 6.08 Å². The van der Waals surface area contributed by atoms with Crippen LogP contribution in [0, 0.1) is 0 Å². The minimum atomic E-state index is -1.29. The van der Waals surface area contributed by atoms with Crippen molar-refractivity contribution in [3.8, 4) is 0 Å². The van der Waals surface area contributed by atoms with Crippen LogP contribution in [0.4, 0.5) is 0 Å². The molecule has 2 rings (SSSR count). The average molecular weight is 279 g/mol. The van der Waals surface area contributed by atoms with Crippen LogP contribution in [0.5, 0.6) is 0 Å². The number of carbonyl (C=O) groups excluding carboxylic acids is 1. The molecule has 0 bridgehead atoms. The van der Waals surface area contributed by atoms with Crippen molar-refractivity contribution in [2.45, 2.75) is 30.8 Å². The van der Waals surface area contributed by atoms with Crippen molar-refractivity contribution in [3.05, 3.63) is 36.2 Å². The van der Waals surface area contributed by atoms with Crippen LogP contribution in [0.3, 0.4) is 0 Å². The van der Waals surface area contributed by atoms with E-state index in [2.05, 4.69) is 4.98 Å². The Morgan fingerprint density at radius 3 is 2.90 bits per heavy atom. The Morgan fingerprint density at radius 1 is 1.40 bits per heavy atom. The number of hydrogen-bond donors (Lipinski definition) is 3. The molecule has 1 aromatic rings. The molecule has 2 heterocycles. The van der Waals surface area contributed by atoms with Gasteiger partial charge in [-0.05, 0) is 23.8 Å². The number of allylic oxidation sites excluding steroid dienone is 1. The zero-order chi connectivity index (χ0) is 14.5. The number of ketones is 1. The van der Waals surface area contributed by atoms with Gasteiger partial charge >= 0.3 is 0 Å². The number of carbonyl (C=O) groups is 1. The summed E-state index contributed by atoms with van der Waals surface area (Å²) in [5.74, 6) is -0.235. The van der Waals surface area contributed by atoms with Crippen molar-refractivity contribution in [1.29, 1.82) is 0 Å². The van der Waals surface area contributed by atoms with Gasteiger partial charge in [0, 0.05) is 18.8 Å².